The van der Waals surface area contributed by atoms with Crippen LogP contribution in [0.15, 0.2) is 18.2 Å². The normalized spacial score (nSPS) is 9.92. The van der Waals surface area contributed by atoms with Gasteiger partial charge in [-0.3, -0.25) is 0 Å². The van der Waals surface area contributed by atoms with Crippen molar-refractivity contribution in [2.75, 3.05) is 13.2 Å². The van der Waals surface area contributed by atoms with Gasteiger partial charge < -0.3 is 9.84 Å². The highest BCUT2D eigenvalue weighted by molar-refractivity contribution is 14.1. The first-order valence-electron chi connectivity index (χ1n) is 3.42. The molecule has 0 amide bonds. The van der Waals surface area contributed by atoms with Gasteiger partial charge in [-0.05, 0) is 34.7 Å². The topological polar surface area (TPSA) is 29.5 Å². The standard InChI is InChI=1S/C8H8FIO2/c9-6-3-7(10)5-8(4-6)12-2-1-11/h3-5,11H,1-2H2. The second-order valence-corrected chi connectivity index (χ2v) is 3.42. The van der Waals surface area contributed by atoms with Crippen molar-refractivity contribution < 1.29 is 14.2 Å². The highest BCUT2D eigenvalue weighted by Crippen LogP contribution is 2.17. The van der Waals surface area contributed by atoms with Crippen molar-refractivity contribution in [2.45, 2.75) is 0 Å². The fourth-order valence-electron chi connectivity index (χ4n) is 0.775. The lowest BCUT2D eigenvalue weighted by Crippen LogP contribution is -2.01. The second kappa shape index (κ2) is 4.61. The van der Waals surface area contributed by atoms with Gasteiger partial charge in [-0.25, -0.2) is 4.39 Å². The van der Waals surface area contributed by atoms with E-state index < -0.39 is 0 Å². The Morgan fingerprint density at radius 1 is 1.42 bits per heavy atom. The van der Waals surface area contributed by atoms with Crippen LogP contribution in [0.2, 0.25) is 0 Å². The van der Waals surface area contributed by atoms with E-state index in [1.54, 1.807) is 6.07 Å². The summed E-state index contributed by atoms with van der Waals surface area (Å²) in [6.07, 6.45) is 0. The lowest BCUT2D eigenvalue weighted by Gasteiger charge is -2.03. The van der Waals surface area contributed by atoms with Crippen LogP contribution in [0.3, 0.4) is 0 Å². The molecule has 1 aromatic carbocycles. The molecule has 0 radical (unpaired) electrons. The first kappa shape index (κ1) is 9.73. The highest BCUT2D eigenvalue weighted by atomic mass is 127. The number of hydrogen-bond acceptors (Lipinski definition) is 2. The van der Waals surface area contributed by atoms with E-state index in [1.807, 2.05) is 22.6 Å². The molecule has 0 bridgehead atoms. The van der Waals surface area contributed by atoms with E-state index in [0.717, 1.165) is 3.57 Å². The average Bonchev–Trinajstić information content (AvgIpc) is 1.99. The highest BCUT2D eigenvalue weighted by Gasteiger charge is 1.98. The summed E-state index contributed by atoms with van der Waals surface area (Å²) in [6.45, 7) is 0.132. The summed E-state index contributed by atoms with van der Waals surface area (Å²) in [5.41, 5.74) is 0. The van der Waals surface area contributed by atoms with Crippen molar-refractivity contribution in [3.63, 3.8) is 0 Å². The second-order valence-electron chi connectivity index (χ2n) is 2.18. The van der Waals surface area contributed by atoms with E-state index in [2.05, 4.69) is 0 Å². The lowest BCUT2D eigenvalue weighted by atomic mass is 10.3. The van der Waals surface area contributed by atoms with Crippen molar-refractivity contribution in [1.82, 2.24) is 0 Å². The van der Waals surface area contributed by atoms with Crippen LogP contribution in [0.4, 0.5) is 4.39 Å². The molecule has 66 valence electrons. The maximum atomic E-state index is 12.7. The van der Waals surface area contributed by atoms with Gasteiger partial charge in [0, 0.05) is 9.64 Å². The monoisotopic (exact) mass is 282 g/mol. The van der Waals surface area contributed by atoms with Crippen molar-refractivity contribution in [1.29, 1.82) is 0 Å². The summed E-state index contributed by atoms with van der Waals surface area (Å²) in [6, 6.07) is 4.41. The maximum Gasteiger partial charge on any atom is 0.127 e. The Morgan fingerprint density at radius 2 is 2.17 bits per heavy atom. The average molecular weight is 282 g/mol. The van der Waals surface area contributed by atoms with Gasteiger partial charge in [0.05, 0.1) is 6.61 Å². The molecule has 4 heteroatoms. The molecule has 0 aromatic heterocycles. The van der Waals surface area contributed by atoms with E-state index in [0.29, 0.717) is 5.75 Å². The minimum absolute atomic E-state index is 0.0624. The van der Waals surface area contributed by atoms with E-state index in [4.69, 9.17) is 9.84 Å². The number of aliphatic hydroxyl groups excluding tert-OH is 1. The fourth-order valence-corrected chi connectivity index (χ4v) is 1.38. The van der Waals surface area contributed by atoms with Crippen molar-refractivity contribution >= 4 is 22.6 Å². The van der Waals surface area contributed by atoms with Gasteiger partial charge >= 0.3 is 0 Å². The third-order valence-electron chi connectivity index (χ3n) is 1.20. The van der Waals surface area contributed by atoms with E-state index >= 15 is 0 Å². The zero-order valence-corrected chi connectivity index (χ0v) is 8.42. The zero-order valence-electron chi connectivity index (χ0n) is 6.26. The number of rotatable bonds is 3. The third-order valence-corrected chi connectivity index (χ3v) is 1.82. The van der Waals surface area contributed by atoms with Gasteiger partial charge in [0.1, 0.15) is 18.2 Å². The summed E-state index contributed by atoms with van der Waals surface area (Å²) >= 11 is 2.00. The molecule has 0 aliphatic rings. The summed E-state index contributed by atoms with van der Waals surface area (Å²) < 4.78 is 18.5. The number of benzene rings is 1. The fraction of sp³-hybridized carbons (Fsp3) is 0.250. The predicted molar refractivity (Wildman–Crippen MR) is 51.7 cm³/mol. The Bertz CT molecular complexity index is 245. The van der Waals surface area contributed by atoms with Crippen LogP contribution in [0, 0.1) is 9.39 Å². The van der Waals surface area contributed by atoms with Gasteiger partial charge in [0.25, 0.3) is 0 Å². The van der Waals surface area contributed by atoms with Crippen LogP contribution in [-0.4, -0.2) is 18.3 Å². The molecule has 12 heavy (non-hydrogen) atoms. The summed E-state index contributed by atoms with van der Waals surface area (Å²) in [4.78, 5) is 0. The summed E-state index contributed by atoms with van der Waals surface area (Å²) in [7, 11) is 0. The Balaban J connectivity index is 2.72. The summed E-state index contributed by atoms with van der Waals surface area (Å²) in [5, 5.41) is 8.45. The smallest absolute Gasteiger partial charge is 0.127 e. The molecule has 0 saturated carbocycles. The summed E-state index contributed by atoms with van der Waals surface area (Å²) in [5.74, 6) is 0.128. The zero-order chi connectivity index (χ0) is 8.97. The molecule has 0 spiro atoms. The van der Waals surface area contributed by atoms with Gasteiger partial charge in [0.2, 0.25) is 0 Å². The Hall–Kier alpha value is -0.360. The molecule has 1 aromatic rings. The maximum absolute atomic E-state index is 12.7. The van der Waals surface area contributed by atoms with E-state index in [1.165, 1.54) is 12.1 Å². The molecule has 0 unspecified atom stereocenters. The number of aliphatic hydroxyl groups is 1. The molecular weight excluding hydrogens is 274 g/mol. The van der Waals surface area contributed by atoms with Crippen molar-refractivity contribution in [2.24, 2.45) is 0 Å². The Labute approximate surface area is 83.5 Å². The van der Waals surface area contributed by atoms with Crippen LogP contribution >= 0.6 is 22.6 Å². The molecule has 0 heterocycles. The van der Waals surface area contributed by atoms with Crippen LogP contribution in [0.1, 0.15) is 0 Å². The molecule has 0 atom stereocenters. The minimum Gasteiger partial charge on any atom is -0.491 e. The Morgan fingerprint density at radius 3 is 2.75 bits per heavy atom. The molecule has 0 aliphatic carbocycles. The Kier molecular flexibility index (Phi) is 3.74. The number of halogens is 2. The van der Waals surface area contributed by atoms with Crippen molar-refractivity contribution in [3.8, 4) is 5.75 Å². The first-order valence-corrected chi connectivity index (χ1v) is 4.50. The molecule has 0 fully saturated rings. The molecule has 0 saturated heterocycles. The van der Waals surface area contributed by atoms with Gasteiger partial charge in [0.15, 0.2) is 0 Å². The molecule has 1 N–H and O–H groups in total. The third kappa shape index (κ3) is 2.94. The molecule has 2 nitrogen and oxygen atoms in total. The lowest BCUT2D eigenvalue weighted by molar-refractivity contribution is 0.201. The van der Waals surface area contributed by atoms with Crippen LogP contribution < -0.4 is 4.74 Å². The molecule has 1 rings (SSSR count). The molecular formula is C8H8FIO2. The quantitative estimate of drug-likeness (QED) is 0.857. The SMILES string of the molecule is OCCOc1cc(F)cc(I)c1. The van der Waals surface area contributed by atoms with Crippen molar-refractivity contribution in [3.05, 3.63) is 27.6 Å². The molecule has 0 aliphatic heterocycles. The van der Waals surface area contributed by atoms with E-state index in [9.17, 15) is 4.39 Å². The van der Waals surface area contributed by atoms with Crippen LogP contribution in [0.5, 0.6) is 5.75 Å². The van der Waals surface area contributed by atoms with Gasteiger partial charge in [-0.1, -0.05) is 0 Å². The minimum atomic E-state index is -0.324. The van der Waals surface area contributed by atoms with E-state index in [-0.39, 0.29) is 19.0 Å². The van der Waals surface area contributed by atoms with Crippen LogP contribution in [-0.2, 0) is 0 Å². The number of ether oxygens (including phenoxy) is 1. The predicted octanol–water partition coefficient (Wildman–Crippen LogP) is 1.80. The van der Waals surface area contributed by atoms with Gasteiger partial charge in [-0.15, -0.1) is 0 Å². The number of hydrogen-bond donors (Lipinski definition) is 1. The first-order chi connectivity index (χ1) is 5.72. The van der Waals surface area contributed by atoms with Crippen LogP contribution in [0.25, 0.3) is 0 Å². The largest absolute Gasteiger partial charge is 0.491 e. The van der Waals surface area contributed by atoms with Gasteiger partial charge in [-0.2, -0.15) is 0 Å².